The lowest BCUT2D eigenvalue weighted by Crippen LogP contribution is -2.40. The van der Waals surface area contributed by atoms with Crippen molar-refractivity contribution in [1.29, 1.82) is 0 Å². The van der Waals surface area contributed by atoms with Crippen molar-refractivity contribution in [3.8, 4) is 0 Å². The van der Waals surface area contributed by atoms with E-state index in [9.17, 15) is 0 Å². The number of ether oxygens (including phenoxy) is 1. The van der Waals surface area contributed by atoms with Crippen LogP contribution in [0.1, 0.15) is 31.4 Å². The first-order valence-corrected chi connectivity index (χ1v) is 10.5. The topological polar surface area (TPSA) is 63.2 Å². The maximum Gasteiger partial charge on any atom is 0.188 e. The molecule has 0 radical (unpaired) electrons. The van der Waals surface area contributed by atoms with Crippen LogP contribution in [0.25, 0.3) is 0 Å². The molecule has 2 saturated heterocycles. The number of hydrogen-bond donors (Lipinski definition) is 1. The molecule has 2 aromatic heterocycles. The van der Waals surface area contributed by atoms with Gasteiger partial charge in [0.2, 0.25) is 0 Å². The normalized spacial score (nSPS) is 22.4. The van der Waals surface area contributed by atoms with Crippen molar-refractivity contribution in [2.75, 3.05) is 38.2 Å². The zero-order valence-electron chi connectivity index (χ0n) is 15.1. The van der Waals surface area contributed by atoms with Crippen LogP contribution in [0.3, 0.4) is 0 Å². The lowest BCUT2D eigenvalue weighted by molar-refractivity contribution is 0.0452. The molecule has 1 atom stereocenters. The Morgan fingerprint density at radius 1 is 1.15 bits per heavy atom. The van der Waals surface area contributed by atoms with Gasteiger partial charge < -0.3 is 15.0 Å². The maximum absolute atomic E-state index is 5.50. The van der Waals surface area contributed by atoms with Gasteiger partial charge in [-0.15, -0.1) is 11.3 Å². The molecule has 0 bridgehead atoms. The van der Waals surface area contributed by atoms with Crippen LogP contribution in [-0.2, 0) is 11.2 Å². The molecule has 1 N–H and O–H groups in total. The van der Waals surface area contributed by atoms with Crippen LogP contribution in [-0.4, -0.2) is 52.7 Å². The van der Waals surface area contributed by atoms with Crippen molar-refractivity contribution in [2.24, 2.45) is 11.8 Å². The average Bonchev–Trinajstić information content (AvgIpc) is 3.16. The molecule has 0 saturated carbocycles. The smallest absolute Gasteiger partial charge is 0.188 e. The number of nitrogens with one attached hydrogen (secondary N) is 1. The summed E-state index contributed by atoms with van der Waals surface area (Å²) in [6.45, 7) is 5.56. The molecule has 7 heteroatoms. The van der Waals surface area contributed by atoms with Crippen molar-refractivity contribution in [3.05, 3.63) is 29.7 Å². The Labute approximate surface area is 159 Å². The quantitative estimate of drug-likeness (QED) is 0.838. The Kier molecular flexibility index (Phi) is 6.09. The van der Waals surface area contributed by atoms with E-state index in [-0.39, 0.29) is 0 Å². The van der Waals surface area contributed by atoms with Crippen molar-refractivity contribution < 1.29 is 4.74 Å². The third-order valence-electron chi connectivity index (χ3n) is 5.35. The summed E-state index contributed by atoms with van der Waals surface area (Å²) in [5.41, 5.74) is 1.12. The first-order valence-electron chi connectivity index (χ1n) is 9.63. The van der Waals surface area contributed by atoms with Gasteiger partial charge in [0.15, 0.2) is 5.13 Å². The minimum atomic E-state index is 0.686. The molecule has 2 aromatic rings. The third-order valence-corrected chi connectivity index (χ3v) is 6.04. The highest BCUT2D eigenvalue weighted by atomic mass is 32.1. The zero-order chi connectivity index (χ0) is 17.6. The summed E-state index contributed by atoms with van der Waals surface area (Å²) in [5, 5.41) is 6.09. The second-order valence-electron chi connectivity index (χ2n) is 7.38. The molecule has 0 spiro atoms. The lowest BCUT2D eigenvalue weighted by Gasteiger charge is -2.36. The van der Waals surface area contributed by atoms with E-state index in [4.69, 9.17) is 4.74 Å². The lowest BCUT2D eigenvalue weighted by atomic mass is 9.91. The Hall–Kier alpha value is -1.57. The van der Waals surface area contributed by atoms with Gasteiger partial charge in [0.25, 0.3) is 0 Å². The summed E-state index contributed by atoms with van der Waals surface area (Å²) in [6.07, 6.45) is 9.52. The minimum Gasteiger partial charge on any atom is -0.381 e. The molecule has 4 heterocycles. The molecule has 140 valence electrons. The number of thiazole rings is 1. The van der Waals surface area contributed by atoms with Gasteiger partial charge in [0, 0.05) is 49.6 Å². The van der Waals surface area contributed by atoms with E-state index in [0.717, 1.165) is 42.2 Å². The van der Waals surface area contributed by atoms with E-state index >= 15 is 0 Å². The van der Waals surface area contributed by atoms with Gasteiger partial charge in [-0.3, -0.25) is 0 Å². The van der Waals surface area contributed by atoms with Crippen LogP contribution in [0.5, 0.6) is 0 Å². The highest BCUT2D eigenvalue weighted by Gasteiger charge is 2.24. The highest BCUT2D eigenvalue weighted by Crippen LogP contribution is 2.24. The second-order valence-corrected chi connectivity index (χ2v) is 8.28. The van der Waals surface area contributed by atoms with E-state index in [1.807, 2.05) is 5.38 Å². The van der Waals surface area contributed by atoms with Crippen molar-refractivity contribution in [2.45, 2.75) is 32.1 Å². The van der Waals surface area contributed by atoms with E-state index in [0.29, 0.717) is 5.92 Å². The minimum absolute atomic E-state index is 0.686. The van der Waals surface area contributed by atoms with Gasteiger partial charge >= 0.3 is 0 Å². The van der Waals surface area contributed by atoms with Gasteiger partial charge in [-0.2, -0.15) is 0 Å². The number of hydrogen-bond acceptors (Lipinski definition) is 7. The van der Waals surface area contributed by atoms with Crippen molar-refractivity contribution in [3.63, 3.8) is 0 Å². The number of piperidine rings is 1. The molecule has 0 aliphatic carbocycles. The summed E-state index contributed by atoms with van der Waals surface area (Å²) >= 11 is 1.58. The van der Waals surface area contributed by atoms with Gasteiger partial charge in [-0.1, -0.05) is 0 Å². The third kappa shape index (κ3) is 4.99. The summed E-state index contributed by atoms with van der Waals surface area (Å²) in [7, 11) is 0. The van der Waals surface area contributed by atoms with E-state index in [2.05, 4.69) is 31.2 Å². The summed E-state index contributed by atoms with van der Waals surface area (Å²) in [6, 6.07) is 2.07. The van der Waals surface area contributed by atoms with Gasteiger partial charge in [0.1, 0.15) is 12.1 Å². The molecule has 1 unspecified atom stereocenters. The predicted molar refractivity (Wildman–Crippen MR) is 104 cm³/mol. The monoisotopic (exact) mass is 373 g/mol. The fourth-order valence-electron chi connectivity index (χ4n) is 4.05. The SMILES string of the molecule is c1nc(CC2CCCN(CC3CCOCC3)C2)cc(Nc2nccs2)n1. The van der Waals surface area contributed by atoms with E-state index in [1.165, 1.54) is 45.3 Å². The predicted octanol–water partition coefficient (Wildman–Crippen LogP) is 3.36. The average molecular weight is 374 g/mol. The van der Waals surface area contributed by atoms with Crippen LogP contribution < -0.4 is 5.32 Å². The largest absolute Gasteiger partial charge is 0.381 e. The van der Waals surface area contributed by atoms with Crippen LogP contribution in [0.4, 0.5) is 10.9 Å². The number of nitrogens with zero attached hydrogens (tertiary/aromatic N) is 4. The molecule has 26 heavy (non-hydrogen) atoms. The Bertz CT molecular complexity index is 674. The number of aromatic nitrogens is 3. The Balaban J connectivity index is 1.31. The number of anilines is 2. The first-order chi connectivity index (χ1) is 12.8. The van der Waals surface area contributed by atoms with Crippen LogP contribution in [0.2, 0.25) is 0 Å². The van der Waals surface area contributed by atoms with E-state index in [1.54, 1.807) is 23.9 Å². The summed E-state index contributed by atoms with van der Waals surface area (Å²) < 4.78 is 5.50. The molecule has 2 fully saturated rings. The molecule has 2 aliphatic rings. The fraction of sp³-hybridized carbons (Fsp3) is 0.632. The highest BCUT2D eigenvalue weighted by molar-refractivity contribution is 7.13. The number of rotatable bonds is 6. The molecule has 0 amide bonds. The van der Waals surface area contributed by atoms with Gasteiger partial charge in [-0.05, 0) is 50.5 Å². The number of likely N-dealkylation sites (tertiary alicyclic amines) is 1. The van der Waals surface area contributed by atoms with Crippen LogP contribution in [0.15, 0.2) is 24.0 Å². The molecular formula is C19H27N5OS. The standard InChI is InChI=1S/C19H27N5OS/c1-2-16(13-24(6-1)12-15-3-7-25-8-4-15)10-17-11-18(22-14-21-17)23-19-20-5-9-26-19/h5,9,11,14-16H,1-4,6-8,10,12-13H2,(H,20,21,22,23). The van der Waals surface area contributed by atoms with Gasteiger partial charge in [-0.25, -0.2) is 15.0 Å². The summed E-state index contributed by atoms with van der Waals surface area (Å²) in [4.78, 5) is 15.7. The maximum atomic E-state index is 5.50. The second kappa shape index (κ2) is 8.88. The molecule has 2 aliphatic heterocycles. The molecule has 0 aromatic carbocycles. The van der Waals surface area contributed by atoms with Crippen LogP contribution in [0, 0.1) is 11.8 Å². The zero-order valence-corrected chi connectivity index (χ0v) is 16.0. The fourth-order valence-corrected chi connectivity index (χ4v) is 4.58. The van der Waals surface area contributed by atoms with Crippen molar-refractivity contribution in [1.82, 2.24) is 19.9 Å². The van der Waals surface area contributed by atoms with Gasteiger partial charge in [0.05, 0.1) is 0 Å². The first kappa shape index (κ1) is 17.8. The Morgan fingerprint density at radius 2 is 2.08 bits per heavy atom. The molecule has 4 rings (SSSR count). The van der Waals surface area contributed by atoms with Crippen molar-refractivity contribution >= 4 is 22.3 Å². The molecule has 6 nitrogen and oxygen atoms in total. The Morgan fingerprint density at radius 3 is 2.92 bits per heavy atom. The molecular weight excluding hydrogens is 346 g/mol. The van der Waals surface area contributed by atoms with Crippen LogP contribution >= 0.6 is 11.3 Å². The van der Waals surface area contributed by atoms with E-state index < -0.39 is 0 Å². The summed E-state index contributed by atoms with van der Waals surface area (Å²) in [5.74, 6) is 2.33.